The largest absolute Gasteiger partial charge is 0.368 e. The summed E-state index contributed by atoms with van der Waals surface area (Å²) < 4.78 is 0. The van der Waals surface area contributed by atoms with Crippen molar-refractivity contribution in [2.45, 2.75) is 0 Å². The van der Waals surface area contributed by atoms with Crippen LogP contribution in [0.15, 0.2) is 24.3 Å². The standard InChI is InChI=1S/C11H15ClN2O/c1-15-14-8-6-13(7-9-14)11-5-3-2-4-10(11)12/h2-5H,6-9H2,1H3. The van der Waals surface area contributed by atoms with Gasteiger partial charge in [0.05, 0.1) is 17.8 Å². The highest BCUT2D eigenvalue weighted by Crippen LogP contribution is 2.25. The molecule has 1 aliphatic rings. The van der Waals surface area contributed by atoms with E-state index in [9.17, 15) is 0 Å². The van der Waals surface area contributed by atoms with E-state index in [1.165, 1.54) is 0 Å². The van der Waals surface area contributed by atoms with Crippen LogP contribution in [0.25, 0.3) is 0 Å². The minimum absolute atomic E-state index is 0.823. The van der Waals surface area contributed by atoms with Gasteiger partial charge in [0.1, 0.15) is 0 Å². The van der Waals surface area contributed by atoms with E-state index in [1.54, 1.807) is 7.11 Å². The van der Waals surface area contributed by atoms with Gasteiger partial charge in [0, 0.05) is 26.2 Å². The van der Waals surface area contributed by atoms with Crippen LogP contribution in [0.2, 0.25) is 5.02 Å². The Hall–Kier alpha value is -0.770. The van der Waals surface area contributed by atoms with Gasteiger partial charge < -0.3 is 9.74 Å². The van der Waals surface area contributed by atoms with Crippen LogP contribution in [0.5, 0.6) is 0 Å². The normalized spacial score (nSPS) is 18.1. The summed E-state index contributed by atoms with van der Waals surface area (Å²) in [4.78, 5) is 7.47. The number of hydrogen-bond acceptors (Lipinski definition) is 3. The quantitative estimate of drug-likeness (QED) is 0.768. The van der Waals surface area contributed by atoms with Gasteiger partial charge in [-0.25, -0.2) is 0 Å². The van der Waals surface area contributed by atoms with Crippen molar-refractivity contribution in [3.8, 4) is 0 Å². The van der Waals surface area contributed by atoms with Gasteiger partial charge in [0.15, 0.2) is 0 Å². The molecule has 2 rings (SSSR count). The molecule has 1 aromatic rings. The van der Waals surface area contributed by atoms with Crippen LogP contribution in [0.3, 0.4) is 0 Å². The van der Waals surface area contributed by atoms with E-state index in [-0.39, 0.29) is 0 Å². The first-order valence-corrected chi connectivity index (χ1v) is 5.47. The van der Waals surface area contributed by atoms with Crippen molar-refractivity contribution in [1.82, 2.24) is 5.06 Å². The molecule has 1 aliphatic heterocycles. The Kier molecular flexibility index (Phi) is 3.46. The summed E-state index contributed by atoms with van der Waals surface area (Å²) in [7, 11) is 1.71. The number of rotatable bonds is 2. The predicted octanol–water partition coefficient (Wildman–Crippen LogP) is 2.02. The van der Waals surface area contributed by atoms with Gasteiger partial charge in [-0.1, -0.05) is 23.7 Å². The highest BCUT2D eigenvalue weighted by molar-refractivity contribution is 6.33. The van der Waals surface area contributed by atoms with E-state index in [2.05, 4.69) is 11.0 Å². The zero-order chi connectivity index (χ0) is 10.7. The third-order valence-electron chi connectivity index (χ3n) is 2.69. The van der Waals surface area contributed by atoms with Gasteiger partial charge in [-0.05, 0) is 12.1 Å². The molecule has 0 atom stereocenters. The maximum atomic E-state index is 6.14. The molecule has 0 aromatic heterocycles. The Morgan fingerprint density at radius 1 is 1.13 bits per heavy atom. The van der Waals surface area contributed by atoms with Gasteiger partial charge in [-0.2, -0.15) is 5.06 Å². The molecule has 0 spiro atoms. The van der Waals surface area contributed by atoms with Gasteiger partial charge in [-0.15, -0.1) is 0 Å². The van der Waals surface area contributed by atoms with Crippen LogP contribution in [-0.4, -0.2) is 38.4 Å². The first-order chi connectivity index (χ1) is 7.31. The second kappa shape index (κ2) is 4.84. The molecule has 0 amide bonds. The summed E-state index contributed by atoms with van der Waals surface area (Å²) in [5.41, 5.74) is 1.12. The van der Waals surface area contributed by atoms with Crippen molar-refractivity contribution in [1.29, 1.82) is 0 Å². The molecule has 0 aliphatic carbocycles. The number of para-hydroxylation sites is 1. The number of anilines is 1. The molecule has 1 saturated heterocycles. The van der Waals surface area contributed by atoms with Gasteiger partial charge in [0.2, 0.25) is 0 Å². The third-order valence-corrected chi connectivity index (χ3v) is 3.01. The molecule has 1 fully saturated rings. The summed E-state index contributed by atoms with van der Waals surface area (Å²) >= 11 is 6.14. The summed E-state index contributed by atoms with van der Waals surface area (Å²) in [5.74, 6) is 0. The molecule has 15 heavy (non-hydrogen) atoms. The van der Waals surface area contributed by atoms with Crippen LogP contribution < -0.4 is 4.90 Å². The highest BCUT2D eigenvalue weighted by Gasteiger charge is 2.17. The van der Waals surface area contributed by atoms with Gasteiger partial charge >= 0.3 is 0 Å². The molecule has 0 unspecified atom stereocenters. The Bertz CT molecular complexity index is 324. The average Bonchev–Trinajstić information content (AvgIpc) is 2.30. The maximum absolute atomic E-state index is 6.14. The zero-order valence-corrected chi connectivity index (χ0v) is 9.57. The average molecular weight is 227 g/mol. The number of benzene rings is 1. The summed E-state index contributed by atoms with van der Waals surface area (Å²) in [5, 5.41) is 2.79. The molecule has 82 valence electrons. The van der Waals surface area contributed by atoms with E-state index in [0.717, 1.165) is 36.9 Å². The van der Waals surface area contributed by atoms with Gasteiger partial charge in [-0.3, -0.25) is 0 Å². The van der Waals surface area contributed by atoms with Crippen LogP contribution in [0, 0.1) is 0 Å². The maximum Gasteiger partial charge on any atom is 0.0639 e. The second-order valence-corrected chi connectivity index (χ2v) is 3.96. The monoisotopic (exact) mass is 226 g/mol. The van der Waals surface area contributed by atoms with Crippen LogP contribution >= 0.6 is 11.6 Å². The van der Waals surface area contributed by atoms with Crippen LogP contribution in [0.1, 0.15) is 0 Å². The molecule has 0 saturated carbocycles. The molecule has 0 bridgehead atoms. The lowest BCUT2D eigenvalue weighted by atomic mass is 10.2. The fraction of sp³-hybridized carbons (Fsp3) is 0.455. The number of piperazine rings is 1. The minimum atomic E-state index is 0.823. The lowest BCUT2D eigenvalue weighted by molar-refractivity contribution is -0.133. The van der Waals surface area contributed by atoms with E-state index < -0.39 is 0 Å². The van der Waals surface area contributed by atoms with Crippen molar-refractivity contribution < 1.29 is 4.84 Å². The summed E-state index contributed by atoms with van der Waals surface area (Å²) in [6.07, 6.45) is 0. The molecule has 0 N–H and O–H groups in total. The lowest BCUT2D eigenvalue weighted by Gasteiger charge is -2.34. The van der Waals surface area contributed by atoms with E-state index in [1.807, 2.05) is 23.3 Å². The predicted molar refractivity (Wildman–Crippen MR) is 62.2 cm³/mol. The van der Waals surface area contributed by atoms with Crippen molar-refractivity contribution in [3.05, 3.63) is 29.3 Å². The third kappa shape index (κ3) is 2.43. The molecule has 0 radical (unpaired) electrons. The summed E-state index contributed by atoms with van der Waals surface area (Å²) in [6, 6.07) is 7.96. The van der Waals surface area contributed by atoms with E-state index >= 15 is 0 Å². The van der Waals surface area contributed by atoms with Crippen molar-refractivity contribution >= 4 is 17.3 Å². The SMILES string of the molecule is CON1CCN(c2ccccc2Cl)CC1. The topological polar surface area (TPSA) is 15.7 Å². The van der Waals surface area contributed by atoms with Crippen molar-refractivity contribution in [2.75, 3.05) is 38.2 Å². The number of hydroxylamine groups is 2. The van der Waals surface area contributed by atoms with Gasteiger partial charge in [0.25, 0.3) is 0 Å². The van der Waals surface area contributed by atoms with Crippen molar-refractivity contribution in [3.63, 3.8) is 0 Å². The molecular weight excluding hydrogens is 212 g/mol. The molecular formula is C11H15ClN2O. The Labute approximate surface area is 95.1 Å². The second-order valence-electron chi connectivity index (χ2n) is 3.55. The fourth-order valence-corrected chi connectivity index (χ4v) is 2.08. The fourth-order valence-electron chi connectivity index (χ4n) is 1.82. The smallest absolute Gasteiger partial charge is 0.0639 e. The van der Waals surface area contributed by atoms with Crippen LogP contribution in [0.4, 0.5) is 5.69 Å². The summed E-state index contributed by atoms with van der Waals surface area (Å²) in [6.45, 7) is 3.75. The number of nitrogens with zero attached hydrogens (tertiary/aromatic N) is 2. The Morgan fingerprint density at radius 2 is 1.80 bits per heavy atom. The molecule has 4 heteroatoms. The lowest BCUT2D eigenvalue weighted by Crippen LogP contribution is -2.45. The molecule has 1 aromatic carbocycles. The van der Waals surface area contributed by atoms with E-state index in [0.29, 0.717) is 0 Å². The Morgan fingerprint density at radius 3 is 2.40 bits per heavy atom. The van der Waals surface area contributed by atoms with Crippen LogP contribution in [-0.2, 0) is 4.84 Å². The zero-order valence-electron chi connectivity index (χ0n) is 8.82. The first kappa shape index (κ1) is 10.7. The highest BCUT2D eigenvalue weighted by atomic mass is 35.5. The minimum Gasteiger partial charge on any atom is -0.368 e. The van der Waals surface area contributed by atoms with E-state index in [4.69, 9.17) is 16.4 Å². The molecule has 3 nitrogen and oxygen atoms in total. The number of hydrogen-bond donors (Lipinski definition) is 0. The van der Waals surface area contributed by atoms with Crippen molar-refractivity contribution in [2.24, 2.45) is 0 Å². The Balaban J connectivity index is 2.04. The first-order valence-electron chi connectivity index (χ1n) is 5.10. The number of halogens is 1. The molecule has 1 heterocycles.